The molecule has 1 aromatic carbocycles. The maximum atomic E-state index is 12.3. The molecule has 1 N–H and O–H groups in total. The summed E-state index contributed by atoms with van der Waals surface area (Å²) in [6.45, 7) is 6.39. The Morgan fingerprint density at radius 1 is 1.28 bits per heavy atom. The lowest BCUT2D eigenvalue weighted by atomic mass is 10.1. The Labute approximate surface area is 169 Å². The van der Waals surface area contributed by atoms with E-state index in [4.69, 9.17) is 9.47 Å². The van der Waals surface area contributed by atoms with E-state index in [1.807, 2.05) is 6.92 Å². The van der Waals surface area contributed by atoms with Gasteiger partial charge in [0.05, 0.1) is 37.2 Å². The number of nitrogens with one attached hydrogen (secondary N) is 1. The second-order valence-corrected chi connectivity index (χ2v) is 7.27. The third kappa shape index (κ3) is 3.86. The zero-order valence-corrected chi connectivity index (χ0v) is 17.1. The van der Waals surface area contributed by atoms with Crippen molar-refractivity contribution in [1.82, 2.24) is 14.3 Å². The van der Waals surface area contributed by atoms with Crippen LogP contribution < -0.4 is 15.8 Å². The molecule has 0 radical (unpaired) electrons. The number of morpholine rings is 1. The summed E-state index contributed by atoms with van der Waals surface area (Å²) in [4.78, 5) is 14.6. The van der Waals surface area contributed by atoms with E-state index in [2.05, 4.69) is 44.3 Å². The molecule has 2 aromatic heterocycles. The molecule has 0 amide bonds. The van der Waals surface area contributed by atoms with Gasteiger partial charge in [0.25, 0.3) is 5.56 Å². The number of aryl methyl sites for hydroxylation is 1. The van der Waals surface area contributed by atoms with Crippen LogP contribution in [-0.2, 0) is 23.1 Å². The van der Waals surface area contributed by atoms with E-state index in [0.717, 1.165) is 49.7 Å². The molecule has 8 nitrogen and oxygen atoms in total. The maximum absolute atomic E-state index is 12.3. The van der Waals surface area contributed by atoms with Crippen molar-refractivity contribution in [2.24, 2.45) is 7.05 Å². The predicted octanol–water partition coefficient (Wildman–Crippen LogP) is 2.27. The summed E-state index contributed by atoms with van der Waals surface area (Å²) in [6.07, 6.45) is 3.79. The van der Waals surface area contributed by atoms with Crippen LogP contribution in [0.1, 0.15) is 5.56 Å². The summed E-state index contributed by atoms with van der Waals surface area (Å²) >= 11 is 0. The van der Waals surface area contributed by atoms with Crippen molar-refractivity contribution < 1.29 is 9.47 Å². The molecule has 0 unspecified atom stereocenters. The summed E-state index contributed by atoms with van der Waals surface area (Å²) in [5.74, 6) is 0. The van der Waals surface area contributed by atoms with Gasteiger partial charge < -0.3 is 24.3 Å². The molecule has 1 saturated heterocycles. The largest absolute Gasteiger partial charge is 0.383 e. The van der Waals surface area contributed by atoms with Crippen LogP contribution in [0.4, 0.5) is 17.1 Å². The Morgan fingerprint density at radius 2 is 2.07 bits per heavy atom. The van der Waals surface area contributed by atoms with Gasteiger partial charge >= 0.3 is 0 Å². The molecule has 0 saturated carbocycles. The molecule has 0 atom stereocenters. The first-order valence-corrected chi connectivity index (χ1v) is 9.83. The first-order valence-electron chi connectivity index (χ1n) is 9.83. The van der Waals surface area contributed by atoms with E-state index in [-0.39, 0.29) is 5.56 Å². The number of nitrogens with zero attached hydrogens (tertiary/aromatic N) is 4. The smallest absolute Gasteiger partial charge is 0.271 e. The molecule has 1 aliphatic heterocycles. The summed E-state index contributed by atoms with van der Waals surface area (Å²) in [7, 11) is 3.37. The third-order valence-corrected chi connectivity index (χ3v) is 5.41. The molecule has 29 heavy (non-hydrogen) atoms. The van der Waals surface area contributed by atoms with E-state index in [1.165, 1.54) is 15.8 Å². The zero-order chi connectivity index (χ0) is 20.4. The number of aromatic nitrogens is 3. The Bertz CT molecular complexity index is 1070. The van der Waals surface area contributed by atoms with Crippen LogP contribution in [0.2, 0.25) is 0 Å². The van der Waals surface area contributed by atoms with Crippen LogP contribution in [-0.4, -0.2) is 54.4 Å². The highest BCUT2D eigenvalue weighted by Gasteiger charge is 2.17. The highest BCUT2D eigenvalue weighted by Crippen LogP contribution is 2.34. The van der Waals surface area contributed by atoms with Gasteiger partial charge in [0.1, 0.15) is 0 Å². The van der Waals surface area contributed by atoms with Crippen LogP contribution >= 0.6 is 0 Å². The van der Waals surface area contributed by atoms with Gasteiger partial charge in [0, 0.05) is 62.3 Å². The van der Waals surface area contributed by atoms with Gasteiger partial charge in [-0.2, -0.15) is 5.10 Å². The number of fused-ring (bicyclic) bond motifs is 1. The second kappa shape index (κ2) is 8.26. The van der Waals surface area contributed by atoms with Crippen LogP contribution in [0.15, 0.2) is 35.4 Å². The standard InChI is InChI=1S/C21H27N5O3/c1-15-18(14-22-24(2)21(15)27)23-16-12-19-17(4-5-25(19)6-9-28-3)20(13-16)26-7-10-29-11-8-26/h4-5,12-14,23H,6-11H2,1-3H3. The van der Waals surface area contributed by atoms with Gasteiger partial charge in [0.15, 0.2) is 0 Å². The van der Waals surface area contributed by atoms with Gasteiger partial charge in [-0.25, -0.2) is 4.68 Å². The van der Waals surface area contributed by atoms with Gasteiger partial charge in [-0.1, -0.05) is 0 Å². The number of anilines is 3. The van der Waals surface area contributed by atoms with Crippen LogP contribution in [0.25, 0.3) is 10.9 Å². The summed E-state index contributed by atoms with van der Waals surface area (Å²) in [5.41, 5.74) is 4.48. The van der Waals surface area contributed by atoms with Gasteiger partial charge in [-0.3, -0.25) is 4.79 Å². The van der Waals surface area contributed by atoms with E-state index >= 15 is 0 Å². The highest BCUT2D eigenvalue weighted by atomic mass is 16.5. The number of rotatable bonds is 6. The van der Waals surface area contributed by atoms with Crippen LogP contribution in [0.5, 0.6) is 0 Å². The molecule has 1 aliphatic rings. The zero-order valence-electron chi connectivity index (χ0n) is 17.1. The quantitative estimate of drug-likeness (QED) is 0.688. The number of benzene rings is 1. The van der Waals surface area contributed by atoms with Crippen molar-refractivity contribution in [2.75, 3.05) is 50.2 Å². The fourth-order valence-electron chi connectivity index (χ4n) is 3.73. The lowest BCUT2D eigenvalue weighted by Gasteiger charge is -2.30. The number of hydrogen-bond donors (Lipinski definition) is 1. The van der Waals surface area contributed by atoms with E-state index in [0.29, 0.717) is 12.2 Å². The second-order valence-electron chi connectivity index (χ2n) is 7.27. The third-order valence-electron chi connectivity index (χ3n) is 5.41. The molecule has 0 spiro atoms. The van der Waals surface area contributed by atoms with E-state index < -0.39 is 0 Å². The Balaban J connectivity index is 1.78. The minimum atomic E-state index is -0.104. The van der Waals surface area contributed by atoms with E-state index in [1.54, 1.807) is 20.4 Å². The maximum Gasteiger partial charge on any atom is 0.271 e. The van der Waals surface area contributed by atoms with Crippen molar-refractivity contribution in [3.63, 3.8) is 0 Å². The number of methoxy groups -OCH3 is 1. The minimum absolute atomic E-state index is 0.104. The monoisotopic (exact) mass is 397 g/mol. The van der Waals surface area contributed by atoms with Crippen molar-refractivity contribution in [1.29, 1.82) is 0 Å². The first kappa shape index (κ1) is 19.5. The van der Waals surface area contributed by atoms with Crippen LogP contribution in [0, 0.1) is 6.92 Å². The molecule has 3 aromatic rings. The molecule has 1 fully saturated rings. The van der Waals surface area contributed by atoms with Crippen molar-refractivity contribution >= 4 is 28.0 Å². The minimum Gasteiger partial charge on any atom is -0.383 e. The average molecular weight is 397 g/mol. The molecule has 0 aliphatic carbocycles. The molecular weight excluding hydrogens is 370 g/mol. The lowest BCUT2D eigenvalue weighted by molar-refractivity contribution is 0.123. The fourth-order valence-corrected chi connectivity index (χ4v) is 3.73. The van der Waals surface area contributed by atoms with Crippen molar-refractivity contribution in [3.8, 4) is 0 Å². The normalized spacial score (nSPS) is 14.5. The molecular formula is C21H27N5O3. The molecule has 3 heterocycles. The predicted molar refractivity (Wildman–Crippen MR) is 114 cm³/mol. The molecule has 154 valence electrons. The van der Waals surface area contributed by atoms with Gasteiger partial charge in [0.2, 0.25) is 0 Å². The number of hydrogen-bond acceptors (Lipinski definition) is 6. The summed E-state index contributed by atoms with van der Waals surface area (Å²) in [6, 6.07) is 6.42. The van der Waals surface area contributed by atoms with Crippen molar-refractivity contribution in [3.05, 3.63) is 46.5 Å². The molecule has 4 rings (SSSR count). The van der Waals surface area contributed by atoms with Crippen LogP contribution in [0.3, 0.4) is 0 Å². The average Bonchev–Trinajstić information content (AvgIpc) is 3.15. The fraction of sp³-hybridized carbons (Fsp3) is 0.429. The lowest BCUT2D eigenvalue weighted by Crippen LogP contribution is -2.36. The first-order chi connectivity index (χ1) is 14.1. The molecule has 8 heteroatoms. The Kier molecular flexibility index (Phi) is 5.55. The van der Waals surface area contributed by atoms with Gasteiger partial charge in [-0.15, -0.1) is 0 Å². The Hall–Kier alpha value is -2.84. The topological polar surface area (TPSA) is 73.5 Å². The Morgan fingerprint density at radius 3 is 2.83 bits per heavy atom. The van der Waals surface area contributed by atoms with Gasteiger partial charge in [-0.05, 0) is 25.1 Å². The summed E-state index contributed by atoms with van der Waals surface area (Å²) < 4.78 is 14.3. The highest BCUT2D eigenvalue weighted by molar-refractivity contribution is 5.96. The summed E-state index contributed by atoms with van der Waals surface area (Å²) in [5, 5.41) is 8.76. The SMILES string of the molecule is COCCn1ccc2c(N3CCOCC3)cc(Nc3cnn(C)c(=O)c3C)cc21. The molecule has 0 bridgehead atoms. The number of ether oxygens (including phenoxy) is 2. The van der Waals surface area contributed by atoms with Crippen molar-refractivity contribution in [2.45, 2.75) is 13.5 Å². The van der Waals surface area contributed by atoms with E-state index in [9.17, 15) is 4.79 Å².